The molecule has 9 heteroatoms. The lowest BCUT2D eigenvalue weighted by Gasteiger charge is -2.14. The summed E-state index contributed by atoms with van der Waals surface area (Å²) in [6, 6.07) is 16.3. The topological polar surface area (TPSA) is 71.3 Å². The van der Waals surface area contributed by atoms with Gasteiger partial charge in [-0.1, -0.05) is 47.5 Å². The highest BCUT2D eigenvalue weighted by Crippen LogP contribution is 2.35. The van der Waals surface area contributed by atoms with E-state index >= 15 is 0 Å². The van der Waals surface area contributed by atoms with E-state index in [1.165, 1.54) is 19.3 Å². The van der Waals surface area contributed by atoms with Gasteiger partial charge in [-0.3, -0.25) is 4.79 Å². The summed E-state index contributed by atoms with van der Waals surface area (Å²) in [5, 5.41) is 12.6. The van der Waals surface area contributed by atoms with Gasteiger partial charge in [-0.05, 0) is 64.6 Å². The van der Waals surface area contributed by atoms with E-state index in [1.54, 1.807) is 48.5 Å². The van der Waals surface area contributed by atoms with Gasteiger partial charge in [0.05, 0.1) is 26.4 Å². The van der Waals surface area contributed by atoms with E-state index in [0.29, 0.717) is 31.9 Å². The number of carbonyl (C=O) groups is 1. The minimum atomic E-state index is -0.643. The van der Waals surface area contributed by atoms with Gasteiger partial charge in [0.2, 0.25) is 0 Å². The Hall–Kier alpha value is -2.80. The summed E-state index contributed by atoms with van der Waals surface area (Å²) in [5.74, 6) is -0.210. The summed E-state index contributed by atoms with van der Waals surface area (Å²) in [6.07, 6.45) is 1.42. The third kappa shape index (κ3) is 6.16. The molecule has 0 atom stereocenters. The number of hydrogen-bond acceptors (Lipinski definition) is 4. The van der Waals surface area contributed by atoms with Crippen LogP contribution in [0, 0.1) is 20.7 Å². The molecule has 0 aromatic heterocycles. The number of halogens is 4. The van der Waals surface area contributed by atoms with Gasteiger partial charge in [0.15, 0.2) is 11.5 Å². The van der Waals surface area contributed by atoms with Crippen LogP contribution in [0.5, 0.6) is 11.5 Å². The Balaban J connectivity index is 1.85. The van der Waals surface area contributed by atoms with E-state index in [0.717, 1.165) is 0 Å². The van der Waals surface area contributed by atoms with Crippen molar-refractivity contribution in [1.82, 2.24) is 0 Å². The molecule has 3 rings (SSSR count). The van der Waals surface area contributed by atoms with Crippen molar-refractivity contribution in [3.05, 3.63) is 90.7 Å². The minimum Gasteiger partial charge on any atom is -0.493 e. The van der Waals surface area contributed by atoms with Crippen molar-refractivity contribution < 1.29 is 18.7 Å². The third-order valence-electron chi connectivity index (χ3n) is 4.46. The number of methoxy groups -OCH3 is 1. The van der Waals surface area contributed by atoms with Crippen LogP contribution in [-0.2, 0) is 11.4 Å². The summed E-state index contributed by atoms with van der Waals surface area (Å²) < 4.78 is 25.8. The van der Waals surface area contributed by atoms with Gasteiger partial charge in [-0.15, -0.1) is 0 Å². The smallest absolute Gasteiger partial charge is 0.266 e. The lowest BCUT2D eigenvalue weighted by Crippen LogP contribution is -2.13. The molecule has 33 heavy (non-hydrogen) atoms. The quantitative estimate of drug-likeness (QED) is 0.184. The molecule has 0 bridgehead atoms. The predicted octanol–water partition coefficient (Wildman–Crippen LogP) is 6.87. The molecule has 1 amide bonds. The van der Waals surface area contributed by atoms with Gasteiger partial charge in [-0.2, -0.15) is 5.26 Å². The van der Waals surface area contributed by atoms with Crippen LogP contribution in [-0.4, -0.2) is 13.0 Å². The van der Waals surface area contributed by atoms with Crippen LogP contribution >= 0.6 is 45.8 Å². The van der Waals surface area contributed by atoms with Gasteiger partial charge >= 0.3 is 0 Å². The second-order valence-electron chi connectivity index (χ2n) is 6.64. The molecule has 5 nitrogen and oxygen atoms in total. The van der Waals surface area contributed by atoms with Gasteiger partial charge < -0.3 is 14.8 Å². The molecule has 0 heterocycles. The molecule has 0 aliphatic rings. The molecule has 0 aliphatic carbocycles. The first-order chi connectivity index (χ1) is 15.8. The summed E-state index contributed by atoms with van der Waals surface area (Å²) >= 11 is 14.1. The van der Waals surface area contributed by atoms with Crippen molar-refractivity contribution in [2.24, 2.45) is 0 Å². The van der Waals surface area contributed by atoms with Gasteiger partial charge in [0, 0.05) is 5.56 Å². The zero-order chi connectivity index (χ0) is 24.0. The maximum atomic E-state index is 13.9. The van der Waals surface area contributed by atoms with Crippen LogP contribution < -0.4 is 14.8 Å². The molecule has 0 saturated heterocycles. The third-order valence-corrected chi connectivity index (χ3v) is 6.08. The van der Waals surface area contributed by atoms with Crippen LogP contribution in [0.4, 0.5) is 10.1 Å². The van der Waals surface area contributed by atoms with Crippen molar-refractivity contribution >= 4 is 63.5 Å². The van der Waals surface area contributed by atoms with Crippen LogP contribution in [0.15, 0.2) is 60.2 Å². The average Bonchev–Trinajstić information content (AvgIpc) is 2.80. The number of hydrogen-bond donors (Lipinski definition) is 1. The summed E-state index contributed by atoms with van der Waals surface area (Å²) in [6.45, 7) is 0.0144. The monoisotopic (exact) mass is 596 g/mol. The second-order valence-corrected chi connectivity index (χ2v) is 8.59. The molecule has 0 aliphatic heterocycles. The maximum Gasteiger partial charge on any atom is 0.266 e. The lowest BCUT2D eigenvalue weighted by atomic mass is 10.1. The summed E-state index contributed by atoms with van der Waals surface area (Å²) in [5.41, 5.74) is 1.09. The Morgan fingerprint density at radius 1 is 1.21 bits per heavy atom. The molecule has 3 aromatic carbocycles. The number of nitrogens with zero attached hydrogens (tertiary/aromatic N) is 1. The Morgan fingerprint density at radius 3 is 2.67 bits per heavy atom. The number of ether oxygens (including phenoxy) is 2. The molecule has 1 N–H and O–H groups in total. The second kappa shape index (κ2) is 11.4. The zero-order valence-electron chi connectivity index (χ0n) is 17.2. The number of rotatable bonds is 7. The first kappa shape index (κ1) is 24.8. The van der Waals surface area contributed by atoms with Crippen LogP contribution in [0.2, 0.25) is 10.0 Å². The van der Waals surface area contributed by atoms with Crippen molar-refractivity contribution in [2.75, 3.05) is 12.4 Å². The maximum absolute atomic E-state index is 13.9. The Bertz CT molecular complexity index is 1280. The molecule has 0 saturated carbocycles. The SMILES string of the molecule is COc1cc(/C=C(/C#N)C(=O)Nc2cccc(Cl)c2Cl)cc(I)c1OCc1ccccc1F. The van der Waals surface area contributed by atoms with E-state index in [2.05, 4.69) is 5.32 Å². The molecule has 0 radical (unpaired) electrons. The molecule has 0 fully saturated rings. The highest BCUT2D eigenvalue weighted by atomic mass is 127. The summed E-state index contributed by atoms with van der Waals surface area (Å²) in [4.78, 5) is 12.6. The largest absolute Gasteiger partial charge is 0.493 e. The number of nitriles is 1. The Morgan fingerprint density at radius 2 is 1.97 bits per heavy atom. The fourth-order valence-electron chi connectivity index (χ4n) is 2.83. The van der Waals surface area contributed by atoms with Crippen LogP contribution in [0.25, 0.3) is 6.08 Å². The summed E-state index contributed by atoms with van der Waals surface area (Å²) in [7, 11) is 1.47. The van der Waals surface area contributed by atoms with Crippen LogP contribution in [0.1, 0.15) is 11.1 Å². The predicted molar refractivity (Wildman–Crippen MR) is 135 cm³/mol. The molecule has 0 unspecified atom stereocenters. The van der Waals surface area contributed by atoms with Gasteiger partial charge in [-0.25, -0.2) is 4.39 Å². The standard InChI is InChI=1S/C24H16Cl2FIN2O3/c1-32-21-11-14(10-19(28)23(21)33-13-15-5-2-3-7-18(15)27)9-16(12-29)24(31)30-20-8-4-6-17(25)22(20)26/h2-11H,13H2,1H3,(H,30,31)/b16-9-. The first-order valence-corrected chi connectivity index (χ1v) is 11.3. The van der Waals surface area contributed by atoms with E-state index in [-0.39, 0.29) is 28.0 Å². The average molecular weight is 597 g/mol. The highest BCUT2D eigenvalue weighted by Gasteiger charge is 2.16. The lowest BCUT2D eigenvalue weighted by molar-refractivity contribution is -0.112. The number of amides is 1. The normalized spacial score (nSPS) is 11.0. The molecule has 3 aromatic rings. The Kier molecular flexibility index (Phi) is 8.55. The van der Waals surface area contributed by atoms with E-state index in [9.17, 15) is 14.4 Å². The first-order valence-electron chi connectivity index (χ1n) is 9.45. The zero-order valence-corrected chi connectivity index (χ0v) is 20.8. The molecule has 168 valence electrons. The van der Waals surface area contributed by atoms with Crippen LogP contribution in [0.3, 0.4) is 0 Å². The number of anilines is 1. The van der Waals surface area contributed by atoms with Crippen molar-refractivity contribution in [3.8, 4) is 17.6 Å². The number of carbonyl (C=O) groups excluding carboxylic acids is 1. The number of benzene rings is 3. The van der Waals surface area contributed by atoms with Gasteiger partial charge in [0.1, 0.15) is 24.1 Å². The van der Waals surface area contributed by atoms with Crippen molar-refractivity contribution in [3.63, 3.8) is 0 Å². The minimum absolute atomic E-state index is 0.0144. The van der Waals surface area contributed by atoms with Gasteiger partial charge in [0.25, 0.3) is 5.91 Å². The Labute approximate surface area is 213 Å². The van der Waals surface area contributed by atoms with E-state index < -0.39 is 5.91 Å². The molecular weight excluding hydrogens is 581 g/mol. The van der Waals surface area contributed by atoms with E-state index in [4.69, 9.17) is 32.7 Å². The van der Waals surface area contributed by atoms with Crippen molar-refractivity contribution in [1.29, 1.82) is 5.26 Å². The molecule has 0 spiro atoms. The fourth-order valence-corrected chi connectivity index (χ4v) is 3.96. The van der Waals surface area contributed by atoms with E-state index in [1.807, 2.05) is 28.7 Å². The highest BCUT2D eigenvalue weighted by molar-refractivity contribution is 14.1. The number of nitrogens with one attached hydrogen (secondary N) is 1. The molecular formula is C24H16Cl2FIN2O3. The van der Waals surface area contributed by atoms with Crippen molar-refractivity contribution in [2.45, 2.75) is 6.61 Å². The fraction of sp³-hybridized carbons (Fsp3) is 0.0833.